The summed E-state index contributed by atoms with van der Waals surface area (Å²) in [6, 6.07) is 6.23. The van der Waals surface area contributed by atoms with E-state index in [9.17, 15) is 18.7 Å². The van der Waals surface area contributed by atoms with Gasteiger partial charge in [-0.25, -0.2) is 18.2 Å². The maximum absolute atomic E-state index is 15.0. The van der Waals surface area contributed by atoms with Crippen LogP contribution in [0.3, 0.4) is 0 Å². The maximum Gasteiger partial charge on any atom is 0.271 e. The average Bonchev–Trinajstić information content (AvgIpc) is 3.26. The second-order valence-corrected chi connectivity index (χ2v) is 10.6. The second-order valence-electron chi connectivity index (χ2n) is 10.2. The van der Waals surface area contributed by atoms with Crippen LogP contribution in [0.1, 0.15) is 50.4 Å². The van der Waals surface area contributed by atoms with Gasteiger partial charge in [0.15, 0.2) is 5.82 Å². The molecule has 0 aliphatic carbocycles. The van der Waals surface area contributed by atoms with Gasteiger partial charge in [0.25, 0.3) is 11.5 Å². The molecular weight excluding hydrogens is 545 g/mol. The van der Waals surface area contributed by atoms with Crippen LogP contribution in [0, 0.1) is 11.7 Å². The Balaban J connectivity index is 1.62. The average molecular weight is 573 g/mol. The highest BCUT2D eigenvalue weighted by molar-refractivity contribution is 6.31. The van der Waals surface area contributed by atoms with Crippen molar-refractivity contribution in [1.29, 1.82) is 0 Å². The zero-order valence-electron chi connectivity index (χ0n) is 22.1. The van der Waals surface area contributed by atoms with Gasteiger partial charge in [0, 0.05) is 48.8 Å². The van der Waals surface area contributed by atoms with Crippen LogP contribution in [-0.4, -0.2) is 35.6 Å². The van der Waals surface area contributed by atoms with Crippen molar-refractivity contribution in [3.8, 4) is 22.5 Å². The highest BCUT2D eigenvalue weighted by Gasteiger charge is 2.32. The third-order valence-electron chi connectivity index (χ3n) is 7.31. The van der Waals surface area contributed by atoms with Crippen LogP contribution in [0.15, 0.2) is 53.8 Å². The molecule has 3 aromatic heterocycles. The molecular formula is C28H28ClF3N6O2. The van der Waals surface area contributed by atoms with Crippen LogP contribution < -0.4 is 10.9 Å². The van der Waals surface area contributed by atoms with Crippen molar-refractivity contribution in [2.75, 3.05) is 5.32 Å². The summed E-state index contributed by atoms with van der Waals surface area (Å²) in [7, 11) is 1.79. The molecule has 0 amide bonds. The highest BCUT2D eigenvalue weighted by atomic mass is 35.5. The third-order valence-corrected chi connectivity index (χ3v) is 7.60. The molecule has 8 nitrogen and oxygen atoms in total. The lowest BCUT2D eigenvalue weighted by atomic mass is 9.96. The summed E-state index contributed by atoms with van der Waals surface area (Å²) >= 11 is 5.90. The first kappa shape index (κ1) is 27.9. The smallest absolute Gasteiger partial charge is 0.271 e. The first-order chi connectivity index (χ1) is 19.0. The number of nitrogens with one attached hydrogen (secondary N) is 1. The number of rotatable bonds is 3. The topological polar surface area (TPSA) is 97.9 Å². The summed E-state index contributed by atoms with van der Waals surface area (Å²) in [6.07, 6.45) is 5.45. The number of aromatic nitrogens is 5. The van der Waals surface area contributed by atoms with Crippen molar-refractivity contribution in [2.24, 2.45) is 13.0 Å². The minimum atomic E-state index is -3.39. The number of aryl methyl sites for hydroxylation is 1. The predicted molar refractivity (Wildman–Crippen MR) is 146 cm³/mol. The first-order valence-corrected chi connectivity index (χ1v) is 13.2. The molecule has 4 aromatic rings. The van der Waals surface area contributed by atoms with E-state index < -0.39 is 40.7 Å². The van der Waals surface area contributed by atoms with E-state index in [1.54, 1.807) is 24.1 Å². The molecule has 0 fully saturated rings. The lowest BCUT2D eigenvalue weighted by Gasteiger charge is -2.25. The lowest BCUT2D eigenvalue weighted by molar-refractivity contribution is 0.0178. The quantitative estimate of drug-likeness (QED) is 0.324. The van der Waals surface area contributed by atoms with Crippen LogP contribution in [0.2, 0.25) is 5.02 Å². The minimum absolute atomic E-state index is 0.114. The number of nitrogens with zero attached hydrogens (tertiary/aromatic N) is 5. The van der Waals surface area contributed by atoms with E-state index in [1.807, 2.05) is 19.1 Å². The summed E-state index contributed by atoms with van der Waals surface area (Å²) < 4.78 is 46.7. The van der Waals surface area contributed by atoms with Gasteiger partial charge in [-0.1, -0.05) is 31.0 Å². The zero-order chi connectivity index (χ0) is 28.8. The lowest BCUT2D eigenvalue weighted by Crippen LogP contribution is -2.29. The van der Waals surface area contributed by atoms with Crippen LogP contribution in [0.4, 0.5) is 18.9 Å². The number of hydrogen-bond acceptors (Lipinski definition) is 6. The molecule has 210 valence electrons. The number of benzene rings is 1. The molecule has 1 aliphatic heterocycles. The monoisotopic (exact) mass is 572 g/mol. The fourth-order valence-corrected chi connectivity index (χ4v) is 5.29. The van der Waals surface area contributed by atoms with E-state index in [2.05, 4.69) is 20.4 Å². The van der Waals surface area contributed by atoms with Crippen molar-refractivity contribution in [3.05, 3.63) is 81.5 Å². The predicted octanol–water partition coefficient (Wildman–Crippen LogP) is 5.75. The van der Waals surface area contributed by atoms with Crippen LogP contribution in [0.25, 0.3) is 22.5 Å². The molecule has 4 heterocycles. The Kier molecular flexibility index (Phi) is 7.45. The minimum Gasteiger partial charge on any atom is -0.374 e. The Morgan fingerprint density at radius 2 is 1.95 bits per heavy atom. The zero-order valence-corrected chi connectivity index (χ0v) is 22.8. The molecule has 3 atom stereocenters. The van der Waals surface area contributed by atoms with Crippen molar-refractivity contribution >= 4 is 17.3 Å². The molecule has 12 heteroatoms. The Hall–Kier alpha value is -3.70. The van der Waals surface area contributed by atoms with E-state index in [4.69, 9.17) is 11.6 Å². The van der Waals surface area contributed by atoms with Crippen LogP contribution in [0.5, 0.6) is 0 Å². The summed E-state index contributed by atoms with van der Waals surface area (Å²) in [6.45, 7) is 2.57. The van der Waals surface area contributed by atoms with Crippen molar-refractivity contribution in [2.45, 2.75) is 51.3 Å². The normalized spacial score (nSPS) is 19.8. The number of anilines is 1. The maximum atomic E-state index is 15.0. The fraction of sp³-hybridized carbons (Fsp3) is 0.357. The number of aliphatic hydroxyl groups is 1. The van der Waals surface area contributed by atoms with Crippen molar-refractivity contribution < 1.29 is 18.3 Å². The summed E-state index contributed by atoms with van der Waals surface area (Å²) in [5.74, 6) is -4.58. The van der Waals surface area contributed by atoms with E-state index >= 15 is 4.39 Å². The number of hydrogen-bond donors (Lipinski definition) is 2. The number of fused-ring (bicyclic) bond motifs is 4. The van der Waals surface area contributed by atoms with E-state index in [0.717, 1.165) is 29.5 Å². The van der Waals surface area contributed by atoms with Crippen molar-refractivity contribution in [1.82, 2.24) is 24.3 Å². The number of aliphatic hydroxyl groups excluding tert-OH is 1. The molecule has 40 heavy (non-hydrogen) atoms. The van der Waals surface area contributed by atoms with Gasteiger partial charge in [0.1, 0.15) is 6.23 Å². The third kappa shape index (κ3) is 5.23. The van der Waals surface area contributed by atoms with Gasteiger partial charge in [-0.2, -0.15) is 5.10 Å². The molecule has 0 saturated carbocycles. The van der Waals surface area contributed by atoms with Gasteiger partial charge >= 0.3 is 0 Å². The standard InChI is InChI=1S/C28H28ClF3N6O2/c1-15-5-4-6-22(19-11-16(9-10-33-19)26-21(36-27(15)40)13-35-37(26)3)38-14-34-20(12-23(38)39)24-17(28(2,31)32)7-8-18(29)25(24)30/h7-15,22,27,36,40H,4-6H2,1-3H3/t15-,22+,27?/m1/s1. The highest BCUT2D eigenvalue weighted by Crippen LogP contribution is 2.39. The largest absolute Gasteiger partial charge is 0.374 e. The first-order valence-electron chi connectivity index (χ1n) is 12.8. The Labute approximate surface area is 233 Å². The van der Waals surface area contributed by atoms with Crippen LogP contribution in [-0.2, 0) is 13.0 Å². The molecule has 0 spiro atoms. The van der Waals surface area contributed by atoms with E-state index in [-0.39, 0.29) is 16.6 Å². The Morgan fingerprint density at radius 1 is 1.18 bits per heavy atom. The number of halogens is 4. The van der Waals surface area contributed by atoms with Gasteiger partial charge in [0.05, 0.1) is 46.4 Å². The second kappa shape index (κ2) is 10.7. The summed E-state index contributed by atoms with van der Waals surface area (Å²) in [4.78, 5) is 22.2. The molecule has 2 N–H and O–H groups in total. The molecule has 1 unspecified atom stereocenters. The molecule has 1 aromatic carbocycles. The summed E-state index contributed by atoms with van der Waals surface area (Å²) in [5.41, 5.74) is 0.821. The number of alkyl halides is 2. The molecule has 5 rings (SSSR count). The van der Waals surface area contributed by atoms with Gasteiger partial charge in [-0.15, -0.1) is 0 Å². The van der Waals surface area contributed by atoms with Crippen molar-refractivity contribution in [3.63, 3.8) is 0 Å². The number of pyridine rings is 1. The molecule has 1 aliphatic rings. The fourth-order valence-electron chi connectivity index (χ4n) is 5.13. The SMILES string of the molecule is C[C@@H]1CCC[C@H](n2cnc(-c3c(C(C)(F)F)ccc(Cl)c3F)cc2=O)c2cc(ccn2)-c2c(cnn2C)NC1O. The summed E-state index contributed by atoms with van der Waals surface area (Å²) in [5, 5.41) is 17.9. The molecule has 0 saturated heterocycles. The molecule has 2 bridgehead atoms. The van der Waals surface area contributed by atoms with Gasteiger partial charge < -0.3 is 10.4 Å². The van der Waals surface area contributed by atoms with E-state index in [1.165, 1.54) is 10.9 Å². The van der Waals surface area contributed by atoms with Gasteiger partial charge in [0.2, 0.25) is 0 Å². The Bertz CT molecular complexity index is 1620. The Morgan fingerprint density at radius 3 is 2.67 bits per heavy atom. The molecule has 0 radical (unpaired) electrons. The van der Waals surface area contributed by atoms with Gasteiger partial charge in [-0.05, 0) is 31.0 Å². The van der Waals surface area contributed by atoms with Crippen LogP contribution >= 0.6 is 11.6 Å². The van der Waals surface area contributed by atoms with Gasteiger partial charge in [-0.3, -0.25) is 19.0 Å². The van der Waals surface area contributed by atoms with E-state index in [0.29, 0.717) is 37.6 Å².